The minimum Gasteiger partial charge on any atom is -0.322 e. The van der Waals surface area contributed by atoms with Gasteiger partial charge in [-0.15, -0.1) is 0 Å². The van der Waals surface area contributed by atoms with Gasteiger partial charge in [-0.1, -0.05) is 50.1 Å². The number of benzene rings is 2. The van der Waals surface area contributed by atoms with E-state index in [2.05, 4.69) is 5.32 Å². The lowest BCUT2D eigenvalue weighted by Gasteiger charge is -2.34. The summed E-state index contributed by atoms with van der Waals surface area (Å²) in [6, 6.07) is 15.0. The lowest BCUT2D eigenvalue weighted by molar-refractivity contribution is -0.144. The molecule has 4 rings (SSSR count). The fourth-order valence-electron chi connectivity index (χ4n) is 4.30. The maximum atomic E-state index is 12.9. The van der Waals surface area contributed by atoms with E-state index in [1.807, 2.05) is 25.1 Å². The van der Waals surface area contributed by atoms with E-state index in [-0.39, 0.29) is 24.4 Å². The van der Waals surface area contributed by atoms with Crippen molar-refractivity contribution in [2.24, 2.45) is 5.92 Å². The Morgan fingerprint density at radius 3 is 2.29 bits per heavy atom. The lowest BCUT2D eigenvalue weighted by Crippen LogP contribution is -2.46. The van der Waals surface area contributed by atoms with Gasteiger partial charge in [0, 0.05) is 17.3 Å². The molecule has 2 aliphatic rings. The zero-order valence-corrected chi connectivity index (χ0v) is 17.4. The summed E-state index contributed by atoms with van der Waals surface area (Å²) in [5.74, 6) is -1.58. The molecule has 2 aromatic carbocycles. The highest BCUT2D eigenvalue weighted by Gasteiger charge is 2.48. The average molecular weight is 419 g/mol. The molecule has 1 aliphatic carbocycles. The molecule has 1 aliphatic heterocycles. The van der Waals surface area contributed by atoms with Crippen LogP contribution in [0.15, 0.2) is 54.6 Å². The summed E-state index contributed by atoms with van der Waals surface area (Å²) in [5, 5.41) is 2.81. The number of hydrogen-bond acceptors (Lipinski definition) is 4. The van der Waals surface area contributed by atoms with Crippen LogP contribution >= 0.6 is 0 Å². The summed E-state index contributed by atoms with van der Waals surface area (Å²) in [4.78, 5) is 52.5. The van der Waals surface area contributed by atoms with E-state index in [0.29, 0.717) is 16.8 Å². The number of nitrogens with zero attached hydrogens (tertiary/aromatic N) is 2. The number of imide groups is 2. The van der Waals surface area contributed by atoms with E-state index < -0.39 is 17.8 Å². The van der Waals surface area contributed by atoms with Gasteiger partial charge in [-0.05, 0) is 48.6 Å². The molecule has 0 aromatic heterocycles. The van der Waals surface area contributed by atoms with Gasteiger partial charge in [0.2, 0.25) is 0 Å². The van der Waals surface area contributed by atoms with Gasteiger partial charge in [-0.3, -0.25) is 24.2 Å². The third-order valence-electron chi connectivity index (χ3n) is 6.07. The van der Waals surface area contributed by atoms with Crippen molar-refractivity contribution in [3.63, 3.8) is 0 Å². The molecular weight excluding hydrogens is 394 g/mol. The van der Waals surface area contributed by atoms with Crippen LogP contribution in [0.5, 0.6) is 0 Å². The molecule has 2 atom stereocenters. The van der Waals surface area contributed by atoms with E-state index in [1.165, 1.54) is 0 Å². The second-order valence-corrected chi connectivity index (χ2v) is 8.20. The van der Waals surface area contributed by atoms with Gasteiger partial charge in [0.15, 0.2) is 0 Å². The van der Waals surface area contributed by atoms with Gasteiger partial charge in [0.1, 0.15) is 0 Å². The van der Waals surface area contributed by atoms with E-state index in [1.54, 1.807) is 36.4 Å². The van der Waals surface area contributed by atoms with Crippen molar-refractivity contribution in [2.45, 2.75) is 45.2 Å². The zero-order chi connectivity index (χ0) is 22.0. The number of nitrogens with one attached hydrogen (secondary N) is 1. The molecule has 0 spiro atoms. The van der Waals surface area contributed by atoms with Crippen LogP contribution in [-0.4, -0.2) is 39.6 Å². The molecule has 7 nitrogen and oxygen atoms in total. The van der Waals surface area contributed by atoms with Gasteiger partial charge in [0.25, 0.3) is 5.91 Å². The van der Waals surface area contributed by atoms with E-state index in [4.69, 9.17) is 0 Å². The van der Waals surface area contributed by atoms with Crippen molar-refractivity contribution < 1.29 is 19.2 Å². The number of urea groups is 1. The van der Waals surface area contributed by atoms with E-state index in [0.717, 1.165) is 35.5 Å². The molecule has 0 unspecified atom stereocenters. The fraction of sp³-hybridized carbons (Fsp3) is 0.333. The lowest BCUT2D eigenvalue weighted by atomic mass is 9.85. The average Bonchev–Trinajstić information content (AvgIpc) is 2.98. The van der Waals surface area contributed by atoms with Gasteiger partial charge in [-0.25, -0.2) is 4.79 Å². The van der Waals surface area contributed by atoms with Crippen molar-refractivity contribution in [1.29, 1.82) is 0 Å². The normalized spacial score (nSPS) is 21.5. The Bertz CT molecular complexity index is 1000. The molecule has 31 heavy (non-hydrogen) atoms. The van der Waals surface area contributed by atoms with Crippen molar-refractivity contribution >= 4 is 29.4 Å². The summed E-state index contributed by atoms with van der Waals surface area (Å²) in [5.41, 5.74) is 1.82. The number of carbonyl (C=O) groups is 4. The SMILES string of the molecule is C[C@@H]1CCCC[C@H]1N1C(=O)C(=O)N(Cc2ccc(C(=O)Nc3ccccc3)cc2)C1=O. The Labute approximate surface area is 181 Å². The number of amides is 5. The van der Waals surface area contributed by atoms with Crippen molar-refractivity contribution in [1.82, 2.24) is 9.80 Å². The number of anilines is 1. The number of carbonyl (C=O) groups excluding carboxylic acids is 4. The molecule has 0 radical (unpaired) electrons. The molecule has 2 aromatic rings. The Morgan fingerprint density at radius 2 is 1.61 bits per heavy atom. The van der Waals surface area contributed by atoms with Gasteiger partial charge in [-0.2, -0.15) is 0 Å². The summed E-state index contributed by atoms with van der Waals surface area (Å²) in [6.07, 6.45) is 3.72. The Hall–Kier alpha value is -3.48. The summed E-state index contributed by atoms with van der Waals surface area (Å²) in [7, 11) is 0. The van der Waals surface area contributed by atoms with Crippen LogP contribution < -0.4 is 5.32 Å². The standard InChI is InChI=1S/C24H25N3O4/c1-16-7-5-6-10-20(16)27-23(30)22(29)26(24(27)31)15-17-11-13-18(14-12-17)21(28)25-19-8-3-2-4-9-19/h2-4,8-9,11-14,16,20H,5-7,10,15H2,1H3,(H,25,28)/t16-,20-/m1/s1. The third-order valence-corrected chi connectivity index (χ3v) is 6.07. The maximum absolute atomic E-state index is 12.9. The third kappa shape index (κ3) is 4.21. The monoisotopic (exact) mass is 419 g/mol. The van der Waals surface area contributed by atoms with Gasteiger partial charge < -0.3 is 5.32 Å². The minimum absolute atomic E-state index is 0.00158. The topological polar surface area (TPSA) is 86.8 Å². The molecule has 1 N–H and O–H groups in total. The Balaban J connectivity index is 1.44. The van der Waals surface area contributed by atoms with Crippen LogP contribution in [0.4, 0.5) is 10.5 Å². The molecule has 5 amide bonds. The van der Waals surface area contributed by atoms with Crippen LogP contribution in [0.2, 0.25) is 0 Å². The van der Waals surface area contributed by atoms with Crippen LogP contribution in [0, 0.1) is 5.92 Å². The first kappa shape index (κ1) is 20.8. The maximum Gasteiger partial charge on any atom is 0.334 e. The zero-order valence-electron chi connectivity index (χ0n) is 17.4. The molecule has 7 heteroatoms. The van der Waals surface area contributed by atoms with Gasteiger partial charge >= 0.3 is 17.8 Å². The Morgan fingerprint density at radius 1 is 0.935 bits per heavy atom. The van der Waals surface area contributed by atoms with Crippen LogP contribution in [-0.2, 0) is 16.1 Å². The minimum atomic E-state index is -0.784. The molecule has 1 heterocycles. The highest BCUT2D eigenvalue weighted by molar-refractivity contribution is 6.44. The second kappa shape index (κ2) is 8.71. The Kier molecular flexibility index (Phi) is 5.84. The molecule has 160 valence electrons. The number of para-hydroxylation sites is 1. The van der Waals surface area contributed by atoms with Crippen molar-refractivity contribution in [2.75, 3.05) is 5.32 Å². The predicted octanol–water partition coefficient (Wildman–Crippen LogP) is 3.81. The highest BCUT2D eigenvalue weighted by Crippen LogP contribution is 2.31. The summed E-state index contributed by atoms with van der Waals surface area (Å²) >= 11 is 0. The van der Waals surface area contributed by atoms with Crippen LogP contribution in [0.1, 0.15) is 48.5 Å². The number of rotatable bonds is 5. The van der Waals surface area contributed by atoms with Crippen molar-refractivity contribution in [3.05, 3.63) is 65.7 Å². The molecule has 1 saturated carbocycles. The summed E-state index contributed by atoms with van der Waals surface area (Å²) in [6.45, 7) is 2.03. The number of hydrogen-bond donors (Lipinski definition) is 1. The van der Waals surface area contributed by atoms with E-state index in [9.17, 15) is 19.2 Å². The smallest absolute Gasteiger partial charge is 0.322 e. The molecular formula is C24H25N3O4. The largest absolute Gasteiger partial charge is 0.334 e. The fourth-order valence-corrected chi connectivity index (χ4v) is 4.30. The van der Waals surface area contributed by atoms with Crippen LogP contribution in [0.25, 0.3) is 0 Å². The molecule has 2 fully saturated rings. The predicted molar refractivity (Wildman–Crippen MR) is 115 cm³/mol. The first-order valence-electron chi connectivity index (χ1n) is 10.6. The highest BCUT2D eigenvalue weighted by atomic mass is 16.2. The van der Waals surface area contributed by atoms with Gasteiger partial charge in [0.05, 0.1) is 6.54 Å². The first-order valence-corrected chi connectivity index (χ1v) is 10.6. The quantitative estimate of drug-likeness (QED) is 0.590. The summed E-state index contributed by atoms with van der Waals surface area (Å²) < 4.78 is 0. The first-order chi connectivity index (χ1) is 15.0. The van der Waals surface area contributed by atoms with E-state index >= 15 is 0 Å². The second-order valence-electron chi connectivity index (χ2n) is 8.20. The molecule has 1 saturated heterocycles. The molecule has 0 bridgehead atoms. The van der Waals surface area contributed by atoms with Crippen LogP contribution in [0.3, 0.4) is 0 Å². The van der Waals surface area contributed by atoms with Crippen molar-refractivity contribution in [3.8, 4) is 0 Å².